The molecule has 1 N–H and O–H groups in total. The van der Waals surface area contributed by atoms with E-state index in [0.717, 1.165) is 22.4 Å². The lowest BCUT2D eigenvalue weighted by Crippen LogP contribution is -2.02. The summed E-state index contributed by atoms with van der Waals surface area (Å²) in [6, 6.07) is 15.4. The lowest BCUT2D eigenvalue weighted by atomic mass is 10.0. The van der Waals surface area contributed by atoms with E-state index < -0.39 is 0 Å². The maximum atomic E-state index is 8.49. The Morgan fingerprint density at radius 1 is 1.21 bits per heavy atom. The van der Waals surface area contributed by atoms with E-state index in [1.165, 1.54) is 0 Å². The summed E-state index contributed by atoms with van der Waals surface area (Å²) in [5, 5.41) is 11.3. The summed E-state index contributed by atoms with van der Waals surface area (Å²) in [7, 11) is 0. The van der Waals surface area contributed by atoms with Crippen LogP contribution in [-0.4, -0.2) is 10.5 Å². The van der Waals surface area contributed by atoms with Crippen molar-refractivity contribution in [2.24, 2.45) is 0 Å². The first-order chi connectivity index (χ1) is 11.6. The second-order valence-electron chi connectivity index (χ2n) is 5.15. The highest BCUT2D eigenvalue weighted by atomic mass is 79.9. The van der Waals surface area contributed by atoms with Gasteiger partial charge >= 0.3 is 0 Å². The number of hydrogen-bond acceptors (Lipinski definition) is 2. The van der Waals surface area contributed by atoms with Gasteiger partial charge in [0.1, 0.15) is 0 Å². The largest absolute Gasteiger partial charge is 0.300 e. The van der Waals surface area contributed by atoms with Crippen LogP contribution in [0.5, 0.6) is 0 Å². The predicted octanol–water partition coefficient (Wildman–Crippen LogP) is 7.09. The molecule has 0 heterocycles. The fourth-order valence-corrected chi connectivity index (χ4v) is 3.60. The lowest BCUT2D eigenvalue weighted by Gasteiger charge is -2.09. The number of rotatable bonds is 7. The topological polar surface area (TPSA) is 23.9 Å². The third kappa shape index (κ3) is 5.66. The third-order valence-corrected chi connectivity index (χ3v) is 5.21. The van der Waals surface area contributed by atoms with Crippen LogP contribution in [0.4, 0.5) is 0 Å². The van der Waals surface area contributed by atoms with Crippen LogP contribution in [-0.2, 0) is 0 Å². The first kappa shape index (κ1) is 19.0. The van der Waals surface area contributed by atoms with E-state index in [0.29, 0.717) is 15.6 Å². The van der Waals surface area contributed by atoms with E-state index in [-0.39, 0.29) is 0 Å². The molecule has 2 rings (SSSR count). The normalized spacial score (nSPS) is 12.8. The maximum Gasteiger partial charge on any atom is 0.0695 e. The van der Waals surface area contributed by atoms with Gasteiger partial charge in [-0.1, -0.05) is 87.9 Å². The van der Waals surface area contributed by atoms with Crippen LogP contribution >= 0.6 is 39.3 Å². The molecule has 0 aliphatic heterocycles. The van der Waals surface area contributed by atoms with Gasteiger partial charge in [0, 0.05) is 25.9 Å². The molecule has 0 radical (unpaired) electrons. The molecular weight excluding hydrogens is 402 g/mol. The van der Waals surface area contributed by atoms with Gasteiger partial charge in [-0.15, -0.1) is 0 Å². The average Bonchev–Trinajstić information content (AvgIpc) is 2.59. The summed E-state index contributed by atoms with van der Waals surface area (Å²) in [5.74, 6) is 0. The predicted molar refractivity (Wildman–Crippen MR) is 111 cm³/mol. The molecule has 0 bridgehead atoms. The molecule has 0 aliphatic carbocycles. The number of nitrogens with one attached hydrogen (secondary N) is 1. The van der Waals surface area contributed by atoms with Crippen molar-refractivity contribution < 1.29 is 0 Å². The minimum absolute atomic E-state index is 0.363. The Kier molecular flexibility index (Phi) is 7.83. The number of allylic oxidation sites excluding steroid dienone is 3. The van der Waals surface area contributed by atoms with Gasteiger partial charge < -0.3 is 0 Å². The Balaban J connectivity index is 2.11. The fourth-order valence-electron chi connectivity index (χ4n) is 2.14. The molecule has 1 unspecified atom stereocenters. The minimum Gasteiger partial charge on any atom is -0.300 e. The molecule has 2 aromatic rings. The Hall–Kier alpha value is -1.29. The van der Waals surface area contributed by atoms with Crippen molar-refractivity contribution in [2.45, 2.75) is 23.1 Å². The molecule has 24 heavy (non-hydrogen) atoms. The van der Waals surface area contributed by atoms with Crippen molar-refractivity contribution in [2.75, 3.05) is 0 Å². The minimum atomic E-state index is 0.363. The Morgan fingerprint density at radius 3 is 2.62 bits per heavy atom. The highest BCUT2D eigenvalue weighted by Gasteiger charge is 2.09. The van der Waals surface area contributed by atoms with Crippen LogP contribution in [0.2, 0.25) is 5.02 Å². The number of halogens is 2. The quantitative estimate of drug-likeness (QED) is 0.220. The van der Waals surface area contributed by atoms with Crippen LogP contribution in [0.25, 0.3) is 0 Å². The van der Waals surface area contributed by atoms with Gasteiger partial charge in [-0.2, -0.15) is 0 Å². The molecule has 0 spiro atoms. The Morgan fingerprint density at radius 2 is 1.92 bits per heavy atom. The smallest absolute Gasteiger partial charge is 0.0695 e. The number of hydrogen-bond donors (Lipinski definition) is 1. The molecule has 2 aromatic carbocycles. The van der Waals surface area contributed by atoms with Crippen molar-refractivity contribution in [3.8, 4) is 0 Å². The molecular formula is C20H19BrClNS. The van der Waals surface area contributed by atoms with Crippen molar-refractivity contribution in [1.29, 1.82) is 5.41 Å². The first-order valence-corrected chi connectivity index (χ1v) is 9.81. The van der Waals surface area contributed by atoms with Crippen LogP contribution < -0.4 is 0 Å². The molecule has 1 nitrogen and oxygen atoms in total. The van der Waals surface area contributed by atoms with Gasteiger partial charge in [0.05, 0.1) is 5.71 Å². The van der Waals surface area contributed by atoms with Gasteiger partial charge in [0.2, 0.25) is 0 Å². The molecule has 0 saturated heterocycles. The van der Waals surface area contributed by atoms with E-state index in [9.17, 15) is 0 Å². The van der Waals surface area contributed by atoms with Crippen molar-refractivity contribution in [3.63, 3.8) is 0 Å². The molecule has 4 heteroatoms. The zero-order chi connectivity index (χ0) is 17.4. The third-order valence-electron chi connectivity index (χ3n) is 3.34. The van der Waals surface area contributed by atoms with Crippen LogP contribution in [0.1, 0.15) is 24.5 Å². The first-order valence-electron chi connectivity index (χ1n) is 7.64. The van der Waals surface area contributed by atoms with Gasteiger partial charge in [-0.05, 0) is 37.0 Å². The second-order valence-corrected chi connectivity index (χ2v) is 7.71. The Bertz CT molecular complexity index is 738. The molecule has 124 valence electrons. The number of alkyl halides is 1. The summed E-state index contributed by atoms with van der Waals surface area (Å²) in [6.45, 7) is 2.02. The van der Waals surface area contributed by atoms with Crippen LogP contribution in [0.3, 0.4) is 0 Å². The van der Waals surface area contributed by atoms with E-state index >= 15 is 0 Å². The lowest BCUT2D eigenvalue weighted by molar-refractivity contribution is 1.09. The number of benzene rings is 2. The highest BCUT2D eigenvalue weighted by Crippen LogP contribution is 2.26. The fraction of sp³-hybridized carbons (Fsp3) is 0.150. The molecule has 0 aliphatic rings. The van der Waals surface area contributed by atoms with Gasteiger partial charge in [-0.25, -0.2) is 0 Å². The SMILES string of the molecule is C/C=C\C(Br)C/C=C/Sc1ccccc1C(=N)c1ccc(Cl)cc1. The van der Waals surface area contributed by atoms with Crippen molar-refractivity contribution in [3.05, 3.63) is 88.3 Å². The number of thioether (sulfide) groups is 1. The van der Waals surface area contributed by atoms with Gasteiger partial charge in [0.25, 0.3) is 0 Å². The molecule has 0 aromatic heterocycles. The zero-order valence-corrected chi connectivity index (χ0v) is 16.5. The zero-order valence-electron chi connectivity index (χ0n) is 13.4. The highest BCUT2D eigenvalue weighted by molar-refractivity contribution is 9.09. The summed E-state index contributed by atoms with van der Waals surface area (Å²) in [6.07, 6.45) is 7.25. The van der Waals surface area contributed by atoms with Crippen LogP contribution in [0.15, 0.2) is 77.1 Å². The summed E-state index contributed by atoms with van der Waals surface area (Å²) < 4.78 is 0. The second kappa shape index (κ2) is 9.87. The molecule has 1 atom stereocenters. The van der Waals surface area contributed by atoms with Crippen LogP contribution in [0, 0.1) is 5.41 Å². The van der Waals surface area contributed by atoms with E-state index in [4.69, 9.17) is 17.0 Å². The van der Waals surface area contributed by atoms with Gasteiger partial charge in [0.15, 0.2) is 0 Å². The Labute approximate surface area is 161 Å². The molecule has 0 amide bonds. The van der Waals surface area contributed by atoms with Crippen molar-refractivity contribution in [1.82, 2.24) is 0 Å². The summed E-state index contributed by atoms with van der Waals surface area (Å²) in [4.78, 5) is 1.44. The van der Waals surface area contributed by atoms with Crippen molar-refractivity contribution >= 4 is 45.0 Å². The van der Waals surface area contributed by atoms with Gasteiger partial charge in [-0.3, -0.25) is 5.41 Å². The molecule has 0 fully saturated rings. The van der Waals surface area contributed by atoms with E-state index in [1.54, 1.807) is 11.8 Å². The standard InChI is InChI=1S/C20H19BrClNS/c1-2-6-16(21)7-5-14-24-19-9-4-3-8-18(19)20(23)15-10-12-17(22)13-11-15/h2-6,8-14,16,23H,7H2,1H3/b6-2-,14-5+,23-20?. The maximum absolute atomic E-state index is 8.49. The monoisotopic (exact) mass is 419 g/mol. The van der Waals surface area contributed by atoms with E-state index in [1.807, 2.05) is 61.5 Å². The average molecular weight is 421 g/mol. The van der Waals surface area contributed by atoms with E-state index in [2.05, 4.69) is 33.5 Å². The summed E-state index contributed by atoms with van der Waals surface area (Å²) in [5.41, 5.74) is 2.30. The summed E-state index contributed by atoms with van der Waals surface area (Å²) >= 11 is 11.2. The molecule has 0 saturated carbocycles.